The van der Waals surface area contributed by atoms with Crippen LogP contribution in [0.15, 0.2) is 6.07 Å². The van der Waals surface area contributed by atoms with Crippen LogP contribution in [0.4, 0.5) is 5.82 Å². The fourth-order valence-electron chi connectivity index (χ4n) is 2.08. The van der Waals surface area contributed by atoms with E-state index < -0.39 is 0 Å². The Labute approximate surface area is 122 Å². The summed E-state index contributed by atoms with van der Waals surface area (Å²) < 4.78 is 0. The zero-order chi connectivity index (χ0) is 13.1. The van der Waals surface area contributed by atoms with Crippen LogP contribution in [0.3, 0.4) is 0 Å². The summed E-state index contributed by atoms with van der Waals surface area (Å²) in [4.78, 5) is 6.50. The highest BCUT2D eigenvalue weighted by molar-refractivity contribution is 6.42. The normalized spacial score (nSPS) is 18.0. The van der Waals surface area contributed by atoms with Crippen molar-refractivity contribution in [3.8, 4) is 0 Å². The Morgan fingerprint density at radius 2 is 1.94 bits per heavy atom. The van der Waals surface area contributed by atoms with Crippen LogP contribution in [-0.2, 0) is 0 Å². The van der Waals surface area contributed by atoms with E-state index in [2.05, 4.69) is 22.2 Å². The molecule has 0 spiro atoms. The predicted octanol–water partition coefficient (Wildman–Crippen LogP) is 3.80. The van der Waals surface area contributed by atoms with Gasteiger partial charge in [-0.05, 0) is 45.0 Å². The molecule has 3 nitrogen and oxygen atoms in total. The van der Waals surface area contributed by atoms with Crippen LogP contribution in [0, 0.1) is 5.92 Å². The van der Waals surface area contributed by atoms with Gasteiger partial charge < -0.3 is 10.2 Å². The fourth-order valence-corrected chi connectivity index (χ4v) is 2.64. The molecule has 100 valence electrons. The van der Waals surface area contributed by atoms with Crippen LogP contribution in [0.25, 0.3) is 0 Å². The van der Waals surface area contributed by atoms with E-state index in [1.807, 2.05) is 0 Å². The Morgan fingerprint density at radius 1 is 1.28 bits per heavy atom. The quantitative estimate of drug-likeness (QED) is 0.861. The minimum Gasteiger partial charge on any atom is -0.369 e. The number of rotatable bonds is 3. The van der Waals surface area contributed by atoms with E-state index >= 15 is 0 Å². The lowest BCUT2D eigenvalue weighted by molar-refractivity contribution is 0.226. The minimum absolute atomic E-state index is 0.284. The highest BCUT2D eigenvalue weighted by atomic mass is 35.5. The highest BCUT2D eigenvalue weighted by Crippen LogP contribution is 2.29. The van der Waals surface area contributed by atoms with E-state index in [1.54, 1.807) is 6.07 Å². The first-order valence-electron chi connectivity index (χ1n) is 6.00. The number of aromatic nitrogens is 1. The molecule has 0 aliphatic carbocycles. The lowest BCUT2D eigenvalue weighted by Crippen LogP contribution is -2.33. The van der Waals surface area contributed by atoms with Gasteiger partial charge >= 0.3 is 0 Å². The molecule has 18 heavy (non-hydrogen) atoms. The first kappa shape index (κ1) is 14.2. The number of pyridine rings is 1. The fraction of sp³-hybridized carbons (Fsp3) is 0.583. The largest absolute Gasteiger partial charge is 0.369 e. The SMILES string of the molecule is CN1CCC(CNc2nc(Cl)c(Cl)cc2Cl)CC1. The third kappa shape index (κ3) is 3.64. The second-order valence-corrected chi connectivity index (χ2v) is 5.89. The second kappa shape index (κ2) is 6.29. The van der Waals surface area contributed by atoms with Crippen LogP contribution in [0.1, 0.15) is 12.8 Å². The number of nitrogens with zero attached hydrogens (tertiary/aromatic N) is 2. The molecule has 0 radical (unpaired) electrons. The van der Waals surface area contributed by atoms with Crippen molar-refractivity contribution in [3.05, 3.63) is 21.3 Å². The molecule has 1 aromatic rings. The van der Waals surface area contributed by atoms with Gasteiger partial charge in [-0.3, -0.25) is 0 Å². The zero-order valence-electron chi connectivity index (χ0n) is 10.2. The molecule has 2 rings (SSSR count). The van der Waals surface area contributed by atoms with Crippen molar-refractivity contribution >= 4 is 40.6 Å². The van der Waals surface area contributed by atoms with Crippen molar-refractivity contribution in [2.75, 3.05) is 32.0 Å². The third-order valence-electron chi connectivity index (χ3n) is 3.28. The Balaban J connectivity index is 1.92. The van der Waals surface area contributed by atoms with Gasteiger partial charge in [0.1, 0.15) is 11.0 Å². The standard InChI is InChI=1S/C12H16Cl3N3/c1-18-4-2-8(3-5-18)7-16-12-10(14)6-9(13)11(15)17-12/h6,8H,2-5,7H2,1H3,(H,16,17). The molecule has 1 N–H and O–H groups in total. The van der Waals surface area contributed by atoms with Gasteiger partial charge in [0.2, 0.25) is 0 Å². The molecule has 0 bridgehead atoms. The average Bonchev–Trinajstić information content (AvgIpc) is 2.34. The highest BCUT2D eigenvalue weighted by Gasteiger charge is 2.17. The van der Waals surface area contributed by atoms with Crippen molar-refractivity contribution in [2.45, 2.75) is 12.8 Å². The Bertz CT molecular complexity index is 417. The van der Waals surface area contributed by atoms with Crippen LogP contribution in [0.5, 0.6) is 0 Å². The van der Waals surface area contributed by atoms with Crippen molar-refractivity contribution < 1.29 is 0 Å². The maximum atomic E-state index is 6.07. The molecule has 0 atom stereocenters. The van der Waals surface area contributed by atoms with Gasteiger partial charge in [-0.25, -0.2) is 4.98 Å². The van der Waals surface area contributed by atoms with E-state index in [4.69, 9.17) is 34.8 Å². The van der Waals surface area contributed by atoms with Gasteiger partial charge in [0.25, 0.3) is 0 Å². The molecule has 0 unspecified atom stereocenters. The molecule has 1 aromatic heterocycles. The number of hydrogen-bond donors (Lipinski definition) is 1. The molecule has 1 aliphatic heterocycles. The molecule has 6 heteroatoms. The van der Waals surface area contributed by atoms with E-state index in [1.165, 1.54) is 12.8 Å². The van der Waals surface area contributed by atoms with Crippen molar-refractivity contribution in [1.82, 2.24) is 9.88 Å². The topological polar surface area (TPSA) is 28.2 Å². The molecule has 0 aromatic carbocycles. The molecular weight excluding hydrogens is 293 g/mol. The lowest BCUT2D eigenvalue weighted by atomic mass is 9.97. The summed E-state index contributed by atoms with van der Waals surface area (Å²) in [6, 6.07) is 1.62. The number of anilines is 1. The molecule has 0 saturated carbocycles. The van der Waals surface area contributed by atoms with Gasteiger partial charge in [0.15, 0.2) is 0 Å². The van der Waals surface area contributed by atoms with Crippen LogP contribution < -0.4 is 5.32 Å². The van der Waals surface area contributed by atoms with Crippen molar-refractivity contribution in [2.24, 2.45) is 5.92 Å². The molecule has 2 heterocycles. The molecule has 1 aliphatic rings. The average molecular weight is 309 g/mol. The van der Waals surface area contributed by atoms with Gasteiger partial charge in [0, 0.05) is 6.54 Å². The number of nitrogens with one attached hydrogen (secondary N) is 1. The summed E-state index contributed by atoms with van der Waals surface area (Å²) in [6.07, 6.45) is 2.39. The first-order chi connectivity index (χ1) is 8.56. The zero-order valence-corrected chi connectivity index (χ0v) is 12.5. The predicted molar refractivity (Wildman–Crippen MR) is 78.0 cm³/mol. The van der Waals surface area contributed by atoms with Crippen LogP contribution in [0.2, 0.25) is 15.2 Å². The maximum Gasteiger partial charge on any atom is 0.150 e. The minimum atomic E-state index is 0.284. The van der Waals surface area contributed by atoms with E-state index in [-0.39, 0.29) is 5.15 Å². The summed E-state index contributed by atoms with van der Waals surface area (Å²) in [5, 5.41) is 4.44. The number of likely N-dealkylation sites (tertiary alicyclic amines) is 1. The smallest absolute Gasteiger partial charge is 0.150 e. The first-order valence-corrected chi connectivity index (χ1v) is 7.13. The molecule has 0 amide bonds. The third-order valence-corrected chi connectivity index (χ3v) is 4.24. The van der Waals surface area contributed by atoms with Crippen LogP contribution in [-0.4, -0.2) is 36.6 Å². The van der Waals surface area contributed by atoms with Gasteiger partial charge in [-0.1, -0.05) is 34.8 Å². The van der Waals surface area contributed by atoms with E-state index in [0.717, 1.165) is 19.6 Å². The Morgan fingerprint density at radius 3 is 2.61 bits per heavy atom. The summed E-state index contributed by atoms with van der Waals surface area (Å²) in [6.45, 7) is 3.17. The van der Waals surface area contributed by atoms with Gasteiger partial charge in [0.05, 0.1) is 10.0 Å². The number of halogens is 3. The summed E-state index contributed by atoms with van der Waals surface area (Å²) in [7, 11) is 2.15. The molecule has 1 saturated heterocycles. The summed E-state index contributed by atoms with van der Waals surface area (Å²) >= 11 is 17.8. The Kier molecular flexibility index (Phi) is 4.96. The maximum absolute atomic E-state index is 6.07. The van der Waals surface area contributed by atoms with Crippen molar-refractivity contribution in [1.29, 1.82) is 0 Å². The van der Waals surface area contributed by atoms with E-state index in [9.17, 15) is 0 Å². The van der Waals surface area contributed by atoms with E-state index in [0.29, 0.717) is 21.8 Å². The van der Waals surface area contributed by atoms with Gasteiger partial charge in [-0.15, -0.1) is 0 Å². The lowest BCUT2D eigenvalue weighted by Gasteiger charge is -2.29. The van der Waals surface area contributed by atoms with Crippen molar-refractivity contribution in [3.63, 3.8) is 0 Å². The summed E-state index contributed by atoms with van der Waals surface area (Å²) in [5.74, 6) is 1.28. The summed E-state index contributed by atoms with van der Waals surface area (Å²) in [5.41, 5.74) is 0. The van der Waals surface area contributed by atoms with Crippen LogP contribution >= 0.6 is 34.8 Å². The Hall–Kier alpha value is -0.220. The van der Waals surface area contributed by atoms with Gasteiger partial charge in [-0.2, -0.15) is 0 Å². The number of hydrogen-bond acceptors (Lipinski definition) is 3. The number of piperidine rings is 1. The monoisotopic (exact) mass is 307 g/mol. The second-order valence-electron chi connectivity index (χ2n) is 4.72. The molecule has 1 fully saturated rings. The molecular formula is C12H16Cl3N3.